The molecule has 2 fully saturated rings. The van der Waals surface area contributed by atoms with E-state index in [-0.39, 0.29) is 0 Å². The Hall–Kier alpha value is -0.360. The molecule has 0 radical (unpaired) electrons. The first-order valence-corrected chi connectivity index (χ1v) is 8.10. The standard InChI is InChI=1S/C15H28O9/c1-6-10(18)12(20)8(4-16)22-15(6)24-13-9(5-17)23-14(21-3)7(2)11(13)19/h6-20H,4-5H2,1-3H3/t6?,7?,8?,9?,10-,11-,12+,13-,14-,15+/m1/s1. The van der Waals surface area contributed by atoms with Crippen LogP contribution in [0, 0.1) is 11.8 Å². The summed E-state index contributed by atoms with van der Waals surface area (Å²) in [6, 6.07) is 0. The van der Waals surface area contributed by atoms with Crippen molar-refractivity contribution >= 4 is 0 Å². The highest BCUT2D eigenvalue weighted by Gasteiger charge is 2.48. The van der Waals surface area contributed by atoms with E-state index in [1.807, 2.05) is 0 Å². The first-order valence-electron chi connectivity index (χ1n) is 8.10. The fraction of sp³-hybridized carbons (Fsp3) is 1.00. The molecule has 2 heterocycles. The lowest BCUT2D eigenvalue weighted by Crippen LogP contribution is -2.61. The van der Waals surface area contributed by atoms with E-state index in [0.29, 0.717) is 0 Å². The summed E-state index contributed by atoms with van der Waals surface area (Å²) in [7, 11) is 1.44. The van der Waals surface area contributed by atoms with Crippen molar-refractivity contribution in [3.63, 3.8) is 0 Å². The lowest BCUT2D eigenvalue weighted by Gasteiger charge is -2.46. The van der Waals surface area contributed by atoms with Gasteiger partial charge >= 0.3 is 0 Å². The van der Waals surface area contributed by atoms with Crippen molar-refractivity contribution in [1.29, 1.82) is 0 Å². The maximum atomic E-state index is 10.5. The van der Waals surface area contributed by atoms with Crippen molar-refractivity contribution < 1.29 is 44.5 Å². The molecule has 24 heavy (non-hydrogen) atoms. The number of methoxy groups -OCH3 is 1. The molecule has 2 rings (SSSR count). The molecule has 0 spiro atoms. The highest BCUT2D eigenvalue weighted by molar-refractivity contribution is 4.91. The molecule has 0 saturated carbocycles. The maximum absolute atomic E-state index is 10.5. The Morgan fingerprint density at radius 3 is 1.88 bits per heavy atom. The SMILES string of the molecule is CO[C@@H]1OC(CO)[C@@H](O[C@@H]2OC(CO)[C@H](O)[C@H](O)C2C)[C@H](O)C1C. The topological polar surface area (TPSA) is 138 Å². The molecular weight excluding hydrogens is 324 g/mol. The number of ether oxygens (including phenoxy) is 4. The Bertz CT molecular complexity index is 391. The second-order valence-corrected chi connectivity index (χ2v) is 6.48. The van der Waals surface area contributed by atoms with E-state index in [1.54, 1.807) is 13.8 Å². The van der Waals surface area contributed by atoms with Crippen molar-refractivity contribution in [1.82, 2.24) is 0 Å². The third-order valence-corrected chi connectivity index (χ3v) is 4.87. The zero-order valence-corrected chi connectivity index (χ0v) is 14.1. The number of hydrogen-bond donors (Lipinski definition) is 5. The molecule has 0 aromatic carbocycles. The van der Waals surface area contributed by atoms with Gasteiger partial charge in [0.1, 0.15) is 24.4 Å². The first kappa shape index (κ1) is 20.0. The predicted octanol–water partition coefficient (Wildman–Crippen LogP) is -2.19. The molecule has 9 nitrogen and oxygen atoms in total. The van der Waals surface area contributed by atoms with Gasteiger partial charge in [-0.3, -0.25) is 0 Å². The van der Waals surface area contributed by atoms with Crippen LogP contribution in [0.4, 0.5) is 0 Å². The molecule has 9 heteroatoms. The van der Waals surface area contributed by atoms with Gasteiger partial charge in [-0.1, -0.05) is 13.8 Å². The second-order valence-electron chi connectivity index (χ2n) is 6.48. The highest BCUT2D eigenvalue weighted by Crippen LogP contribution is 2.33. The Labute approximate surface area is 140 Å². The Morgan fingerprint density at radius 2 is 1.33 bits per heavy atom. The van der Waals surface area contributed by atoms with Gasteiger partial charge in [-0.25, -0.2) is 0 Å². The molecular formula is C15H28O9. The largest absolute Gasteiger partial charge is 0.394 e. The summed E-state index contributed by atoms with van der Waals surface area (Å²) in [5.41, 5.74) is 0. The zero-order chi connectivity index (χ0) is 18.0. The third-order valence-electron chi connectivity index (χ3n) is 4.87. The van der Waals surface area contributed by atoms with E-state index in [0.717, 1.165) is 0 Å². The maximum Gasteiger partial charge on any atom is 0.163 e. The van der Waals surface area contributed by atoms with E-state index >= 15 is 0 Å². The van der Waals surface area contributed by atoms with Gasteiger partial charge in [0.05, 0.1) is 25.4 Å². The van der Waals surface area contributed by atoms with Crippen molar-refractivity contribution in [3.8, 4) is 0 Å². The highest BCUT2D eigenvalue weighted by atomic mass is 16.7. The van der Waals surface area contributed by atoms with Gasteiger partial charge in [0.2, 0.25) is 0 Å². The lowest BCUT2D eigenvalue weighted by molar-refractivity contribution is -0.342. The Balaban J connectivity index is 2.12. The molecule has 0 amide bonds. The van der Waals surface area contributed by atoms with Gasteiger partial charge in [0, 0.05) is 18.9 Å². The molecule has 0 aromatic heterocycles. The molecule has 0 aliphatic carbocycles. The van der Waals surface area contributed by atoms with Crippen LogP contribution in [-0.2, 0) is 18.9 Å². The van der Waals surface area contributed by atoms with Crippen LogP contribution in [0.3, 0.4) is 0 Å². The third kappa shape index (κ3) is 3.74. The van der Waals surface area contributed by atoms with E-state index in [1.165, 1.54) is 7.11 Å². The van der Waals surface area contributed by atoms with E-state index in [2.05, 4.69) is 0 Å². The normalized spacial score (nSPS) is 50.0. The fourth-order valence-electron chi connectivity index (χ4n) is 3.17. The summed E-state index contributed by atoms with van der Waals surface area (Å²) in [6.45, 7) is 2.46. The summed E-state index contributed by atoms with van der Waals surface area (Å²) in [5.74, 6) is -1.02. The average Bonchev–Trinajstić information content (AvgIpc) is 2.59. The quantitative estimate of drug-likeness (QED) is 0.373. The van der Waals surface area contributed by atoms with Crippen LogP contribution in [-0.4, -0.2) is 95.1 Å². The van der Waals surface area contributed by atoms with Crippen LogP contribution in [0.25, 0.3) is 0 Å². The van der Waals surface area contributed by atoms with Gasteiger partial charge < -0.3 is 44.5 Å². The first-order chi connectivity index (χ1) is 11.3. The molecule has 0 aromatic rings. The van der Waals surface area contributed by atoms with E-state index in [9.17, 15) is 25.5 Å². The number of aliphatic hydroxyl groups excluding tert-OH is 5. The van der Waals surface area contributed by atoms with Crippen molar-refractivity contribution in [2.75, 3.05) is 20.3 Å². The van der Waals surface area contributed by atoms with Crippen LogP contribution < -0.4 is 0 Å². The van der Waals surface area contributed by atoms with Crippen LogP contribution in [0.15, 0.2) is 0 Å². The monoisotopic (exact) mass is 352 g/mol. The van der Waals surface area contributed by atoms with Crippen LogP contribution in [0.2, 0.25) is 0 Å². The molecule has 4 unspecified atom stereocenters. The minimum Gasteiger partial charge on any atom is -0.394 e. The van der Waals surface area contributed by atoms with Gasteiger partial charge in [-0.05, 0) is 0 Å². The van der Waals surface area contributed by atoms with Crippen molar-refractivity contribution in [2.24, 2.45) is 11.8 Å². The molecule has 10 atom stereocenters. The Morgan fingerprint density at radius 1 is 0.792 bits per heavy atom. The molecule has 2 saturated heterocycles. The summed E-state index contributed by atoms with van der Waals surface area (Å²) in [5, 5.41) is 49.2. The van der Waals surface area contributed by atoms with Gasteiger partial charge in [-0.2, -0.15) is 0 Å². The van der Waals surface area contributed by atoms with Crippen LogP contribution in [0.5, 0.6) is 0 Å². The van der Waals surface area contributed by atoms with Crippen molar-refractivity contribution in [2.45, 2.75) is 63.1 Å². The smallest absolute Gasteiger partial charge is 0.163 e. The summed E-state index contributed by atoms with van der Waals surface area (Å²) in [4.78, 5) is 0. The number of aliphatic hydroxyl groups is 5. The van der Waals surface area contributed by atoms with Crippen LogP contribution >= 0.6 is 0 Å². The minimum absolute atomic E-state index is 0.399. The fourth-order valence-corrected chi connectivity index (χ4v) is 3.17. The van der Waals surface area contributed by atoms with E-state index in [4.69, 9.17) is 18.9 Å². The zero-order valence-electron chi connectivity index (χ0n) is 14.1. The second kappa shape index (κ2) is 8.35. The van der Waals surface area contributed by atoms with Gasteiger partial charge in [0.15, 0.2) is 12.6 Å². The van der Waals surface area contributed by atoms with E-state index < -0.39 is 74.3 Å². The van der Waals surface area contributed by atoms with Gasteiger partial charge in [-0.15, -0.1) is 0 Å². The van der Waals surface area contributed by atoms with Crippen LogP contribution in [0.1, 0.15) is 13.8 Å². The summed E-state index contributed by atoms with van der Waals surface area (Å²) < 4.78 is 22.0. The molecule has 0 bridgehead atoms. The number of hydrogen-bond acceptors (Lipinski definition) is 9. The minimum atomic E-state index is -1.23. The molecule has 2 aliphatic heterocycles. The summed E-state index contributed by atoms with van der Waals surface area (Å²) in [6.07, 6.45) is -7.79. The molecule has 142 valence electrons. The molecule has 5 N–H and O–H groups in total. The molecule has 2 aliphatic rings. The number of rotatable bonds is 5. The summed E-state index contributed by atoms with van der Waals surface area (Å²) >= 11 is 0. The Kier molecular flexibility index (Phi) is 6.94. The van der Waals surface area contributed by atoms with Crippen molar-refractivity contribution in [3.05, 3.63) is 0 Å². The average molecular weight is 352 g/mol. The van der Waals surface area contributed by atoms with Gasteiger partial charge in [0.25, 0.3) is 0 Å². The lowest BCUT2D eigenvalue weighted by atomic mass is 9.90. The predicted molar refractivity (Wildman–Crippen MR) is 79.7 cm³/mol.